The summed E-state index contributed by atoms with van der Waals surface area (Å²) < 4.78 is 23.7. The summed E-state index contributed by atoms with van der Waals surface area (Å²) in [4.78, 5) is 11.8. The molecule has 1 N–H and O–H groups in total. The van der Waals surface area contributed by atoms with Gasteiger partial charge in [0.25, 0.3) is 0 Å². The second kappa shape index (κ2) is 7.29. The molecule has 4 nitrogen and oxygen atoms in total. The number of carbonyl (C=O) groups excluding carboxylic acids is 1. The number of methoxy groups -OCH3 is 1. The molecule has 0 bridgehead atoms. The minimum absolute atomic E-state index is 0.0562. The fourth-order valence-electron chi connectivity index (χ4n) is 2.79. The van der Waals surface area contributed by atoms with Crippen LogP contribution in [0.1, 0.15) is 32.6 Å². The molecule has 2 unspecified atom stereocenters. The van der Waals surface area contributed by atoms with E-state index in [1.54, 1.807) is 12.1 Å². The van der Waals surface area contributed by atoms with Crippen molar-refractivity contribution in [3.63, 3.8) is 0 Å². The topological polar surface area (TPSA) is 47.6 Å². The van der Waals surface area contributed by atoms with E-state index < -0.39 is 0 Å². The van der Waals surface area contributed by atoms with Crippen LogP contribution < -0.4 is 10.1 Å². The third-order valence-corrected chi connectivity index (χ3v) is 3.82. The molecule has 1 aromatic carbocycles. The van der Waals surface area contributed by atoms with Crippen molar-refractivity contribution in [2.24, 2.45) is 5.92 Å². The summed E-state index contributed by atoms with van der Waals surface area (Å²) in [7, 11) is 1.44. The zero-order chi connectivity index (χ0) is 15.2. The second-order valence-corrected chi connectivity index (χ2v) is 5.31. The Bertz CT molecular complexity index is 492. The van der Waals surface area contributed by atoms with Crippen molar-refractivity contribution in [1.29, 1.82) is 0 Å². The van der Waals surface area contributed by atoms with Crippen LogP contribution in [0.2, 0.25) is 0 Å². The molecule has 0 aliphatic heterocycles. The lowest BCUT2D eigenvalue weighted by molar-refractivity contribution is -0.149. The van der Waals surface area contributed by atoms with Crippen LogP contribution in [0.15, 0.2) is 18.2 Å². The maximum absolute atomic E-state index is 13.7. The van der Waals surface area contributed by atoms with Gasteiger partial charge < -0.3 is 14.8 Å². The van der Waals surface area contributed by atoms with Gasteiger partial charge in [0.15, 0.2) is 11.6 Å². The van der Waals surface area contributed by atoms with Crippen LogP contribution in [0.3, 0.4) is 0 Å². The van der Waals surface area contributed by atoms with Crippen LogP contribution in [0, 0.1) is 11.7 Å². The van der Waals surface area contributed by atoms with Gasteiger partial charge >= 0.3 is 5.97 Å². The average Bonchev–Trinajstić information content (AvgIpc) is 2.48. The van der Waals surface area contributed by atoms with Gasteiger partial charge in [0.2, 0.25) is 0 Å². The molecule has 0 aromatic heterocycles. The highest BCUT2D eigenvalue weighted by Gasteiger charge is 2.28. The Balaban J connectivity index is 1.96. The predicted octanol–water partition coefficient (Wildman–Crippen LogP) is 3.37. The molecule has 1 aliphatic rings. The van der Waals surface area contributed by atoms with Crippen molar-refractivity contribution in [1.82, 2.24) is 0 Å². The van der Waals surface area contributed by atoms with Gasteiger partial charge in [0.05, 0.1) is 19.6 Å². The molecule has 0 saturated heterocycles. The van der Waals surface area contributed by atoms with Crippen molar-refractivity contribution in [3.8, 4) is 5.75 Å². The van der Waals surface area contributed by atoms with Crippen LogP contribution >= 0.6 is 0 Å². The molecule has 0 heterocycles. The number of rotatable bonds is 5. The Morgan fingerprint density at radius 2 is 2.24 bits per heavy atom. The first-order chi connectivity index (χ1) is 10.1. The van der Waals surface area contributed by atoms with E-state index in [0.29, 0.717) is 12.3 Å². The maximum Gasteiger partial charge on any atom is 0.308 e. The molecule has 21 heavy (non-hydrogen) atoms. The van der Waals surface area contributed by atoms with E-state index in [-0.39, 0.29) is 29.5 Å². The monoisotopic (exact) mass is 295 g/mol. The number of esters is 1. The van der Waals surface area contributed by atoms with E-state index in [2.05, 4.69) is 5.32 Å². The normalized spacial score (nSPS) is 21.7. The van der Waals surface area contributed by atoms with E-state index in [9.17, 15) is 9.18 Å². The summed E-state index contributed by atoms with van der Waals surface area (Å²) in [6.45, 7) is 2.23. The van der Waals surface area contributed by atoms with Gasteiger partial charge in [-0.15, -0.1) is 0 Å². The molecule has 1 aliphatic carbocycles. The molecule has 1 aromatic rings. The number of hydrogen-bond donors (Lipinski definition) is 1. The molecule has 1 fully saturated rings. The number of hydrogen-bond acceptors (Lipinski definition) is 4. The van der Waals surface area contributed by atoms with Crippen LogP contribution in [-0.4, -0.2) is 25.7 Å². The van der Waals surface area contributed by atoms with Crippen molar-refractivity contribution >= 4 is 11.7 Å². The quantitative estimate of drug-likeness (QED) is 0.846. The third-order valence-electron chi connectivity index (χ3n) is 3.82. The smallest absolute Gasteiger partial charge is 0.308 e. The molecule has 0 amide bonds. The van der Waals surface area contributed by atoms with Gasteiger partial charge in [-0.25, -0.2) is 4.39 Å². The zero-order valence-corrected chi connectivity index (χ0v) is 12.5. The Hall–Kier alpha value is -1.78. The van der Waals surface area contributed by atoms with Crippen LogP contribution in [-0.2, 0) is 9.53 Å². The Kier molecular flexibility index (Phi) is 5.42. The number of carbonyl (C=O) groups is 1. The number of anilines is 1. The van der Waals surface area contributed by atoms with Crippen LogP contribution in [0.25, 0.3) is 0 Å². The van der Waals surface area contributed by atoms with Gasteiger partial charge in [0.1, 0.15) is 0 Å². The number of halogens is 1. The molecule has 5 heteroatoms. The number of nitrogens with one attached hydrogen (secondary N) is 1. The molecule has 116 valence electrons. The molecule has 2 atom stereocenters. The van der Waals surface area contributed by atoms with Gasteiger partial charge in [-0.1, -0.05) is 6.42 Å². The zero-order valence-electron chi connectivity index (χ0n) is 12.5. The highest BCUT2D eigenvalue weighted by Crippen LogP contribution is 2.29. The SMILES string of the molecule is CCOC(=O)C1CCCC(Nc2ccc(OC)c(F)c2)C1. The molecular formula is C16H22FNO3. The lowest BCUT2D eigenvalue weighted by atomic mass is 9.85. The average molecular weight is 295 g/mol. The lowest BCUT2D eigenvalue weighted by Crippen LogP contribution is -2.32. The summed E-state index contributed by atoms with van der Waals surface area (Å²) in [5.41, 5.74) is 0.711. The lowest BCUT2D eigenvalue weighted by Gasteiger charge is -2.29. The molecular weight excluding hydrogens is 273 g/mol. The summed E-state index contributed by atoms with van der Waals surface area (Å²) >= 11 is 0. The molecule has 0 spiro atoms. The largest absolute Gasteiger partial charge is 0.494 e. The van der Waals surface area contributed by atoms with Crippen molar-refractivity contribution in [2.45, 2.75) is 38.6 Å². The fourth-order valence-corrected chi connectivity index (χ4v) is 2.79. The van der Waals surface area contributed by atoms with Crippen LogP contribution in [0.4, 0.5) is 10.1 Å². The Morgan fingerprint density at radius 3 is 2.90 bits per heavy atom. The first kappa shape index (κ1) is 15.6. The van der Waals surface area contributed by atoms with Crippen LogP contribution in [0.5, 0.6) is 5.75 Å². The molecule has 2 rings (SSSR count). The minimum atomic E-state index is -0.389. The van der Waals surface area contributed by atoms with Gasteiger partial charge in [-0.2, -0.15) is 0 Å². The second-order valence-electron chi connectivity index (χ2n) is 5.31. The molecule has 0 radical (unpaired) electrons. The third kappa shape index (κ3) is 4.09. The fraction of sp³-hybridized carbons (Fsp3) is 0.562. The van der Waals surface area contributed by atoms with Gasteiger partial charge in [-0.05, 0) is 38.3 Å². The predicted molar refractivity (Wildman–Crippen MR) is 79.0 cm³/mol. The first-order valence-electron chi connectivity index (χ1n) is 7.40. The highest BCUT2D eigenvalue weighted by atomic mass is 19.1. The standard InChI is InChI=1S/C16H22FNO3/c1-3-21-16(19)11-5-4-6-12(9-11)18-13-7-8-15(20-2)14(17)10-13/h7-8,10-12,18H,3-6,9H2,1-2H3. The van der Waals surface area contributed by atoms with Gasteiger partial charge in [-0.3, -0.25) is 4.79 Å². The Morgan fingerprint density at radius 1 is 1.43 bits per heavy atom. The van der Waals surface area contributed by atoms with E-state index >= 15 is 0 Å². The van der Waals surface area contributed by atoms with Crippen molar-refractivity contribution < 1.29 is 18.7 Å². The van der Waals surface area contributed by atoms with Crippen molar-refractivity contribution in [2.75, 3.05) is 19.0 Å². The number of ether oxygens (including phenoxy) is 2. The van der Waals surface area contributed by atoms with E-state index in [4.69, 9.17) is 9.47 Å². The summed E-state index contributed by atoms with van der Waals surface area (Å²) in [6.07, 6.45) is 3.55. The molecule has 1 saturated carbocycles. The first-order valence-corrected chi connectivity index (χ1v) is 7.40. The summed E-state index contributed by atoms with van der Waals surface area (Å²) in [5, 5.41) is 3.30. The summed E-state index contributed by atoms with van der Waals surface area (Å²) in [5.74, 6) is -0.335. The van der Waals surface area contributed by atoms with Gasteiger partial charge in [0, 0.05) is 17.8 Å². The number of benzene rings is 1. The highest BCUT2D eigenvalue weighted by molar-refractivity contribution is 5.72. The maximum atomic E-state index is 13.7. The Labute approximate surface area is 124 Å². The van der Waals surface area contributed by atoms with E-state index in [1.807, 2.05) is 6.92 Å². The van der Waals surface area contributed by atoms with E-state index in [1.165, 1.54) is 13.2 Å². The minimum Gasteiger partial charge on any atom is -0.494 e. The van der Waals surface area contributed by atoms with Crippen molar-refractivity contribution in [3.05, 3.63) is 24.0 Å². The van der Waals surface area contributed by atoms with E-state index in [0.717, 1.165) is 25.7 Å². The summed E-state index contributed by atoms with van der Waals surface area (Å²) in [6, 6.07) is 4.98.